The van der Waals surface area contributed by atoms with Gasteiger partial charge in [0.05, 0.1) is 18.1 Å². The van der Waals surface area contributed by atoms with Crippen LogP contribution in [0.15, 0.2) is 42.5 Å². The largest absolute Gasteiger partial charge is 0.496 e. The van der Waals surface area contributed by atoms with Crippen molar-refractivity contribution in [3.05, 3.63) is 63.7 Å². The number of benzene rings is 2. The lowest BCUT2D eigenvalue weighted by atomic mass is 10.0. The third kappa shape index (κ3) is 5.10. The molecule has 0 spiro atoms. The van der Waals surface area contributed by atoms with Gasteiger partial charge in [-0.1, -0.05) is 18.2 Å². The molecule has 2 aromatic carbocycles. The summed E-state index contributed by atoms with van der Waals surface area (Å²) in [4.78, 5) is 25.2. The second-order valence-corrected chi connectivity index (χ2v) is 7.05. The number of hydrogen-bond donors (Lipinski definition) is 2. The fourth-order valence-corrected chi connectivity index (χ4v) is 3.62. The van der Waals surface area contributed by atoms with Crippen LogP contribution in [0.4, 0.5) is 11.4 Å². The summed E-state index contributed by atoms with van der Waals surface area (Å²) >= 11 is 0. The van der Waals surface area contributed by atoms with Gasteiger partial charge >= 0.3 is 0 Å². The van der Waals surface area contributed by atoms with Gasteiger partial charge < -0.3 is 15.4 Å². The molecular weight excluding hydrogens is 372 g/mol. The maximum atomic E-state index is 12.5. The number of anilines is 1. The SMILES string of the molecule is COc1ccccc1C1CNCCN1CCC(=O)Nc1ccc([N+](=O)[O-])cc1C. The number of para-hydroxylation sites is 1. The van der Waals surface area contributed by atoms with Crippen molar-refractivity contribution in [2.45, 2.75) is 19.4 Å². The van der Waals surface area contributed by atoms with Gasteiger partial charge in [-0.05, 0) is 24.6 Å². The molecule has 0 saturated carbocycles. The molecule has 8 heteroatoms. The maximum Gasteiger partial charge on any atom is 0.269 e. The number of nitrogens with zero attached hydrogens (tertiary/aromatic N) is 2. The van der Waals surface area contributed by atoms with Crippen LogP contribution in [-0.4, -0.2) is 49.0 Å². The molecule has 1 aliphatic heterocycles. The molecule has 8 nitrogen and oxygen atoms in total. The lowest BCUT2D eigenvalue weighted by Crippen LogP contribution is -2.46. The minimum absolute atomic E-state index is 0.0148. The predicted molar refractivity (Wildman–Crippen MR) is 111 cm³/mol. The molecule has 29 heavy (non-hydrogen) atoms. The molecule has 1 atom stereocenters. The Morgan fingerprint density at radius 1 is 1.34 bits per heavy atom. The Balaban J connectivity index is 1.63. The van der Waals surface area contributed by atoms with Gasteiger partial charge in [-0.3, -0.25) is 19.8 Å². The highest BCUT2D eigenvalue weighted by molar-refractivity contribution is 5.91. The van der Waals surface area contributed by atoms with Crippen LogP contribution in [0.5, 0.6) is 5.75 Å². The van der Waals surface area contributed by atoms with E-state index < -0.39 is 4.92 Å². The zero-order chi connectivity index (χ0) is 20.8. The first-order chi connectivity index (χ1) is 14.0. The van der Waals surface area contributed by atoms with E-state index in [0.29, 0.717) is 24.2 Å². The minimum Gasteiger partial charge on any atom is -0.496 e. The Morgan fingerprint density at radius 2 is 2.14 bits per heavy atom. The van der Waals surface area contributed by atoms with Crippen LogP contribution in [0.2, 0.25) is 0 Å². The molecule has 0 aliphatic carbocycles. The number of carbonyl (C=O) groups is 1. The van der Waals surface area contributed by atoms with Crippen molar-refractivity contribution in [1.29, 1.82) is 0 Å². The molecule has 1 heterocycles. The van der Waals surface area contributed by atoms with E-state index in [9.17, 15) is 14.9 Å². The molecule has 1 aliphatic rings. The molecule has 1 unspecified atom stereocenters. The van der Waals surface area contributed by atoms with Crippen molar-refractivity contribution >= 4 is 17.3 Å². The minimum atomic E-state index is -0.443. The number of amides is 1. The topological polar surface area (TPSA) is 96.7 Å². The third-order valence-corrected chi connectivity index (χ3v) is 5.17. The third-order valence-electron chi connectivity index (χ3n) is 5.17. The number of aryl methyl sites for hydroxylation is 1. The van der Waals surface area contributed by atoms with E-state index in [4.69, 9.17) is 4.74 Å². The summed E-state index contributed by atoms with van der Waals surface area (Å²) in [7, 11) is 1.67. The first kappa shape index (κ1) is 20.8. The molecule has 2 N–H and O–H groups in total. The molecule has 3 rings (SSSR count). The number of ether oxygens (including phenoxy) is 1. The maximum absolute atomic E-state index is 12.5. The quantitative estimate of drug-likeness (QED) is 0.550. The average molecular weight is 398 g/mol. The Bertz CT molecular complexity index is 887. The molecule has 1 fully saturated rings. The standard InChI is InChI=1S/C21H26N4O4/c1-15-13-16(25(27)28)7-8-18(15)23-21(26)9-11-24-12-10-22-14-19(24)17-5-3-4-6-20(17)29-2/h3-8,13,19,22H,9-12,14H2,1-2H3,(H,23,26). The number of methoxy groups -OCH3 is 1. The summed E-state index contributed by atoms with van der Waals surface area (Å²) < 4.78 is 5.51. The molecular formula is C21H26N4O4. The molecule has 0 bridgehead atoms. The number of nitrogens with one attached hydrogen (secondary N) is 2. The van der Waals surface area contributed by atoms with Crippen molar-refractivity contribution in [3.63, 3.8) is 0 Å². The van der Waals surface area contributed by atoms with Crippen LogP contribution in [0, 0.1) is 17.0 Å². The van der Waals surface area contributed by atoms with Gasteiger partial charge in [0.25, 0.3) is 5.69 Å². The molecule has 0 aromatic heterocycles. The average Bonchev–Trinajstić information content (AvgIpc) is 2.73. The van der Waals surface area contributed by atoms with Crippen molar-refractivity contribution < 1.29 is 14.5 Å². The van der Waals surface area contributed by atoms with Gasteiger partial charge in [0.1, 0.15) is 5.75 Å². The molecule has 1 saturated heterocycles. The highest BCUT2D eigenvalue weighted by Gasteiger charge is 2.26. The van der Waals surface area contributed by atoms with Gasteiger partial charge in [0, 0.05) is 56.0 Å². The van der Waals surface area contributed by atoms with Crippen LogP contribution in [0.25, 0.3) is 0 Å². The fraction of sp³-hybridized carbons (Fsp3) is 0.381. The Kier molecular flexibility index (Phi) is 6.79. The number of rotatable bonds is 7. The van der Waals surface area contributed by atoms with E-state index in [-0.39, 0.29) is 17.6 Å². The Hall–Kier alpha value is -2.97. The van der Waals surface area contributed by atoms with Gasteiger partial charge in [0.15, 0.2) is 0 Å². The van der Waals surface area contributed by atoms with Crippen LogP contribution < -0.4 is 15.4 Å². The van der Waals surface area contributed by atoms with E-state index >= 15 is 0 Å². The van der Waals surface area contributed by atoms with E-state index in [2.05, 4.69) is 21.6 Å². The predicted octanol–water partition coefficient (Wildman–Crippen LogP) is 2.89. The highest BCUT2D eigenvalue weighted by Crippen LogP contribution is 2.30. The summed E-state index contributed by atoms with van der Waals surface area (Å²) in [5, 5.41) is 17.1. The summed E-state index contributed by atoms with van der Waals surface area (Å²) in [6, 6.07) is 12.5. The van der Waals surface area contributed by atoms with Crippen molar-refractivity contribution in [3.8, 4) is 5.75 Å². The lowest BCUT2D eigenvalue weighted by molar-refractivity contribution is -0.384. The zero-order valence-electron chi connectivity index (χ0n) is 16.7. The summed E-state index contributed by atoms with van der Waals surface area (Å²) in [6.45, 7) is 4.86. The van der Waals surface area contributed by atoms with Gasteiger partial charge in [-0.15, -0.1) is 0 Å². The van der Waals surface area contributed by atoms with Crippen LogP contribution in [0.3, 0.4) is 0 Å². The Labute approximate surface area is 170 Å². The van der Waals surface area contributed by atoms with Gasteiger partial charge in [0.2, 0.25) is 5.91 Å². The summed E-state index contributed by atoms with van der Waals surface area (Å²) in [6.07, 6.45) is 0.335. The molecule has 2 aromatic rings. The van der Waals surface area contributed by atoms with Crippen molar-refractivity contribution in [1.82, 2.24) is 10.2 Å². The van der Waals surface area contributed by atoms with E-state index in [0.717, 1.165) is 30.9 Å². The monoisotopic (exact) mass is 398 g/mol. The van der Waals surface area contributed by atoms with E-state index in [1.54, 1.807) is 20.1 Å². The van der Waals surface area contributed by atoms with Crippen molar-refractivity contribution in [2.24, 2.45) is 0 Å². The number of nitro groups is 1. The second kappa shape index (κ2) is 9.49. The summed E-state index contributed by atoms with van der Waals surface area (Å²) in [5.74, 6) is 0.733. The normalized spacial score (nSPS) is 17.0. The smallest absolute Gasteiger partial charge is 0.269 e. The number of carbonyl (C=O) groups excluding carboxylic acids is 1. The van der Waals surface area contributed by atoms with Crippen LogP contribution >= 0.6 is 0 Å². The molecule has 1 amide bonds. The number of piperazine rings is 1. The number of hydrogen-bond acceptors (Lipinski definition) is 6. The van der Waals surface area contributed by atoms with Gasteiger partial charge in [-0.2, -0.15) is 0 Å². The van der Waals surface area contributed by atoms with Crippen molar-refractivity contribution in [2.75, 3.05) is 38.6 Å². The summed E-state index contributed by atoms with van der Waals surface area (Å²) in [5.41, 5.74) is 2.39. The molecule has 0 radical (unpaired) electrons. The first-order valence-electron chi connectivity index (χ1n) is 9.62. The first-order valence-corrected chi connectivity index (χ1v) is 9.62. The van der Waals surface area contributed by atoms with Crippen LogP contribution in [0.1, 0.15) is 23.6 Å². The second-order valence-electron chi connectivity index (χ2n) is 7.05. The van der Waals surface area contributed by atoms with Gasteiger partial charge in [-0.25, -0.2) is 0 Å². The number of non-ortho nitro benzene ring substituents is 1. The lowest BCUT2D eigenvalue weighted by Gasteiger charge is -2.37. The van der Waals surface area contributed by atoms with E-state index in [1.165, 1.54) is 12.1 Å². The van der Waals surface area contributed by atoms with Crippen LogP contribution in [-0.2, 0) is 4.79 Å². The highest BCUT2D eigenvalue weighted by atomic mass is 16.6. The Morgan fingerprint density at radius 3 is 2.86 bits per heavy atom. The van der Waals surface area contributed by atoms with E-state index in [1.807, 2.05) is 18.2 Å². The molecule has 154 valence electrons. The fourth-order valence-electron chi connectivity index (χ4n) is 3.62. The zero-order valence-corrected chi connectivity index (χ0v) is 16.7. The number of nitro benzene ring substituents is 1.